The molecule has 126 valence electrons. The van der Waals surface area contributed by atoms with E-state index in [1.54, 1.807) is 0 Å². The summed E-state index contributed by atoms with van der Waals surface area (Å²) < 4.78 is 5.44. The fourth-order valence-corrected chi connectivity index (χ4v) is 3.66. The Labute approximate surface area is 139 Å². The number of benzene rings is 1. The molecule has 1 fully saturated rings. The first kappa shape index (κ1) is 16.3. The molecule has 4 heteroatoms. The van der Waals surface area contributed by atoms with Gasteiger partial charge in [0.15, 0.2) is 5.96 Å². The number of ether oxygens (including phenoxy) is 1. The first-order valence-electron chi connectivity index (χ1n) is 8.85. The van der Waals surface area contributed by atoms with E-state index in [1.165, 1.54) is 36.8 Å². The Kier molecular flexibility index (Phi) is 5.55. The van der Waals surface area contributed by atoms with Gasteiger partial charge in [-0.05, 0) is 42.7 Å². The van der Waals surface area contributed by atoms with Gasteiger partial charge in [0.2, 0.25) is 0 Å². The van der Waals surface area contributed by atoms with Crippen molar-refractivity contribution in [1.29, 1.82) is 0 Å². The van der Waals surface area contributed by atoms with Crippen LogP contribution in [0, 0.1) is 5.92 Å². The lowest BCUT2D eigenvalue weighted by molar-refractivity contribution is 0.0625. The third kappa shape index (κ3) is 4.05. The number of nitrogens with zero attached hydrogens (tertiary/aromatic N) is 2. The summed E-state index contributed by atoms with van der Waals surface area (Å²) in [5.41, 5.74) is 3.00. The zero-order chi connectivity index (χ0) is 16.1. The van der Waals surface area contributed by atoms with Crippen molar-refractivity contribution in [2.24, 2.45) is 10.9 Å². The molecule has 0 spiro atoms. The van der Waals surface area contributed by atoms with Crippen LogP contribution in [0.15, 0.2) is 29.3 Å². The van der Waals surface area contributed by atoms with E-state index in [0.717, 1.165) is 38.2 Å². The van der Waals surface area contributed by atoms with Crippen LogP contribution in [0.2, 0.25) is 0 Å². The number of nitrogens with one attached hydrogen (secondary N) is 1. The van der Waals surface area contributed by atoms with Crippen LogP contribution in [0.5, 0.6) is 0 Å². The van der Waals surface area contributed by atoms with E-state index < -0.39 is 0 Å². The van der Waals surface area contributed by atoms with Gasteiger partial charge >= 0.3 is 0 Å². The summed E-state index contributed by atoms with van der Waals surface area (Å²) in [4.78, 5) is 6.71. The Morgan fingerprint density at radius 1 is 1.30 bits per heavy atom. The maximum Gasteiger partial charge on any atom is 0.193 e. The lowest BCUT2D eigenvalue weighted by Crippen LogP contribution is -2.43. The van der Waals surface area contributed by atoms with Crippen LogP contribution in [-0.2, 0) is 11.2 Å². The first-order valence-corrected chi connectivity index (χ1v) is 8.85. The van der Waals surface area contributed by atoms with Crippen LogP contribution in [0.3, 0.4) is 0 Å². The van der Waals surface area contributed by atoms with Gasteiger partial charge in [-0.25, -0.2) is 0 Å². The maximum atomic E-state index is 5.44. The molecule has 2 aliphatic rings. The Balaban J connectivity index is 1.42. The fourth-order valence-electron chi connectivity index (χ4n) is 3.66. The van der Waals surface area contributed by atoms with Crippen molar-refractivity contribution in [2.75, 3.05) is 40.4 Å². The SMILES string of the molecule is CN=C(NCC1Cc2ccccc21)N(C)CCC1CCOCC1. The monoisotopic (exact) mass is 315 g/mol. The number of rotatable bonds is 5. The highest BCUT2D eigenvalue weighted by Gasteiger charge is 2.25. The number of fused-ring (bicyclic) bond motifs is 1. The minimum absolute atomic E-state index is 0.631. The molecule has 4 nitrogen and oxygen atoms in total. The van der Waals surface area contributed by atoms with Gasteiger partial charge < -0.3 is 15.0 Å². The highest BCUT2D eigenvalue weighted by molar-refractivity contribution is 5.79. The van der Waals surface area contributed by atoms with E-state index in [2.05, 4.69) is 46.5 Å². The van der Waals surface area contributed by atoms with Crippen molar-refractivity contribution in [3.8, 4) is 0 Å². The van der Waals surface area contributed by atoms with Crippen molar-refractivity contribution < 1.29 is 4.74 Å². The summed E-state index contributed by atoms with van der Waals surface area (Å²) in [6.07, 6.45) is 4.83. The second-order valence-electron chi connectivity index (χ2n) is 6.79. The van der Waals surface area contributed by atoms with Gasteiger partial charge in [0, 0.05) is 46.3 Å². The molecule has 1 heterocycles. The molecule has 1 aromatic carbocycles. The number of aliphatic imine (C=N–C) groups is 1. The van der Waals surface area contributed by atoms with Gasteiger partial charge in [0.05, 0.1) is 0 Å². The van der Waals surface area contributed by atoms with E-state index in [4.69, 9.17) is 4.74 Å². The lowest BCUT2D eigenvalue weighted by Gasteiger charge is -2.32. The van der Waals surface area contributed by atoms with Crippen LogP contribution in [0.25, 0.3) is 0 Å². The fraction of sp³-hybridized carbons (Fsp3) is 0.632. The number of hydrogen-bond acceptors (Lipinski definition) is 2. The maximum absolute atomic E-state index is 5.44. The van der Waals surface area contributed by atoms with Gasteiger partial charge in [-0.15, -0.1) is 0 Å². The molecule has 1 saturated heterocycles. The van der Waals surface area contributed by atoms with Crippen molar-refractivity contribution in [2.45, 2.75) is 31.6 Å². The van der Waals surface area contributed by atoms with E-state index in [9.17, 15) is 0 Å². The summed E-state index contributed by atoms with van der Waals surface area (Å²) >= 11 is 0. The minimum Gasteiger partial charge on any atom is -0.381 e. The van der Waals surface area contributed by atoms with Crippen LogP contribution >= 0.6 is 0 Å². The van der Waals surface area contributed by atoms with Gasteiger partial charge in [-0.3, -0.25) is 4.99 Å². The quantitative estimate of drug-likeness (QED) is 0.670. The van der Waals surface area contributed by atoms with Crippen molar-refractivity contribution in [1.82, 2.24) is 10.2 Å². The Hall–Kier alpha value is -1.55. The van der Waals surface area contributed by atoms with Crippen molar-refractivity contribution >= 4 is 5.96 Å². The van der Waals surface area contributed by atoms with Crippen LogP contribution in [-0.4, -0.2) is 51.3 Å². The third-order valence-corrected chi connectivity index (χ3v) is 5.25. The van der Waals surface area contributed by atoms with Gasteiger partial charge in [0.1, 0.15) is 0 Å². The Bertz CT molecular complexity index is 537. The third-order valence-electron chi connectivity index (χ3n) is 5.25. The van der Waals surface area contributed by atoms with Crippen molar-refractivity contribution in [3.63, 3.8) is 0 Å². The molecule has 23 heavy (non-hydrogen) atoms. The molecule has 0 amide bonds. The van der Waals surface area contributed by atoms with Crippen LogP contribution in [0.1, 0.15) is 36.3 Å². The second-order valence-corrected chi connectivity index (χ2v) is 6.79. The predicted octanol–water partition coefficient (Wildman–Crippen LogP) is 2.65. The molecule has 0 saturated carbocycles. The smallest absolute Gasteiger partial charge is 0.193 e. The molecule has 0 aromatic heterocycles. The molecule has 1 aromatic rings. The first-order chi connectivity index (χ1) is 11.3. The topological polar surface area (TPSA) is 36.9 Å². The second kappa shape index (κ2) is 7.82. The van der Waals surface area contributed by atoms with Gasteiger partial charge in [0.25, 0.3) is 0 Å². The standard InChI is InChI=1S/C19H29N3O/c1-20-19(22(2)10-7-15-8-11-23-12-9-15)21-14-17-13-16-5-3-4-6-18(16)17/h3-6,15,17H,7-14H2,1-2H3,(H,20,21). The summed E-state index contributed by atoms with van der Waals surface area (Å²) in [6, 6.07) is 8.76. The molecule has 3 rings (SSSR count). The molecule has 1 aliphatic heterocycles. The molecule has 0 radical (unpaired) electrons. The number of hydrogen-bond donors (Lipinski definition) is 1. The zero-order valence-corrected chi connectivity index (χ0v) is 14.4. The van der Waals surface area contributed by atoms with Gasteiger partial charge in [-0.1, -0.05) is 24.3 Å². The molecular formula is C19H29N3O. The summed E-state index contributed by atoms with van der Waals surface area (Å²) in [6.45, 7) is 3.90. The van der Waals surface area contributed by atoms with Gasteiger partial charge in [-0.2, -0.15) is 0 Å². The average Bonchev–Trinajstić information content (AvgIpc) is 2.58. The predicted molar refractivity (Wildman–Crippen MR) is 95.0 cm³/mol. The molecule has 0 bridgehead atoms. The van der Waals surface area contributed by atoms with E-state index >= 15 is 0 Å². The summed E-state index contributed by atoms with van der Waals surface area (Å²) in [7, 11) is 4.02. The minimum atomic E-state index is 0.631. The average molecular weight is 315 g/mol. The van der Waals surface area contributed by atoms with Crippen molar-refractivity contribution in [3.05, 3.63) is 35.4 Å². The highest BCUT2D eigenvalue weighted by Crippen LogP contribution is 2.34. The Morgan fingerprint density at radius 3 is 2.83 bits per heavy atom. The van der Waals surface area contributed by atoms with Crippen LogP contribution < -0.4 is 5.32 Å². The Morgan fingerprint density at radius 2 is 2.09 bits per heavy atom. The molecular weight excluding hydrogens is 286 g/mol. The molecule has 1 unspecified atom stereocenters. The molecule has 1 N–H and O–H groups in total. The van der Waals surface area contributed by atoms with E-state index in [-0.39, 0.29) is 0 Å². The summed E-state index contributed by atoms with van der Waals surface area (Å²) in [5, 5.41) is 3.55. The lowest BCUT2D eigenvalue weighted by atomic mass is 9.78. The number of guanidine groups is 1. The summed E-state index contributed by atoms with van der Waals surface area (Å²) in [5.74, 6) is 2.45. The largest absolute Gasteiger partial charge is 0.381 e. The molecule has 1 aliphatic carbocycles. The van der Waals surface area contributed by atoms with Crippen LogP contribution in [0.4, 0.5) is 0 Å². The van der Waals surface area contributed by atoms with E-state index in [1.807, 2.05) is 7.05 Å². The molecule has 1 atom stereocenters. The van der Waals surface area contributed by atoms with E-state index in [0.29, 0.717) is 5.92 Å². The highest BCUT2D eigenvalue weighted by atomic mass is 16.5. The zero-order valence-electron chi connectivity index (χ0n) is 14.4. The normalized spacial score (nSPS) is 21.5.